The maximum Gasteiger partial charge on any atom is 0.472 e. The first-order chi connectivity index (χ1) is 30.2. The molecule has 0 aliphatic carbocycles. The fraction of sp³-hybridized carbons (Fsp3) is 0.686. The van der Waals surface area contributed by atoms with Gasteiger partial charge in [0, 0.05) is 13.0 Å². The lowest BCUT2D eigenvalue weighted by Gasteiger charge is -2.20. The molecule has 0 aromatic rings. The zero-order valence-corrected chi connectivity index (χ0v) is 39.8. The normalized spacial score (nSPS) is 14.5. The Labute approximate surface area is 377 Å². The molecule has 356 valence electrons. The highest BCUT2D eigenvalue weighted by molar-refractivity contribution is 7.47. The number of unbranched alkanes of at least 4 members (excludes halogenated alkanes) is 17. The van der Waals surface area contributed by atoms with Crippen LogP contribution in [0.25, 0.3) is 0 Å². The summed E-state index contributed by atoms with van der Waals surface area (Å²) in [5.41, 5.74) is 5.36. The number of carboxylic acids is 1. The molecule has 0 fully saturated rings. The summed E-state index contributed by atoms with van der Waals surface area (Å²) >= 11 is 0. The standard InChI is InChI=1S/C51H88NO9P/c1-3-5-7-9-11-13-15-17-19-21-23-24-25-26-28-30-32-34-36-38-40-42-44-58-45-48(46-59-62(56,57)60-47-49(52)51(54)55)61-50(53)43-41-39-37-35-33-31-29-27-22-20-18-16-14-12-10-8-6-4-2/h5,7,11,13,17,19-20,22-24,26,28,32,34,48-49H,3-4,6,8-10,12,14-16,18,21,25,27,29-31,33,35-47,52H2,1-2H3,(H,54,55)(H,56,57)/b7-5-,13-11-,19-17-,22-20-,24-23-,28-26-,34-32-. The first-order valence-corrected chi connectivity index (χ1v) is 25.6. The number of phosphoric acid groups is 1. The van der Waals surface area contributed by atoms with E-state index in [9.17, 15) is 19.0 Å². The van der Waals surface area contributed by atoms with Crippen LogP contribution in [0.15, 0.2) is 85.1 Å². The van der Waals surface area contributed by atoms with Crippen molar-refractivity contribution in [2.75, 3.05) is 26.4 Å². The van der Waals surface area contributed by atoms with E-state index in [-0.39, 0.29) is 13.0 Å². The molecule has 62 heavy (non-hydrogen) atoms. The smallest absolute Gasteiger partial charge is 0.472 e. The van der Waals surface area contributed by atoms with Crippen LogP contribution in [-0.2, 0) is 32.7 Å². The summed E-state index contributed by atoms with van der Waals surface area (Å²) in [4.78, 5) is 33.6. The molecule has 0 aliphatic heterocycles. The van der Waals surface area contributed by atoms with E-state index in [1.165, 1.54) is 70.6 Å². The molecule has 0 saturated heterocycles. The second kappa shape index (κ2) is 46.2. The van der Waals surface area contributed by atoms with Gasteiger partial charge in [-0.15, -0.1) is 0 Å². The first kappa shape index (κ1) is 59.1. The molecule has 3 atom stereocenters. The number of carbonyl (C=O) groups is 2. The highest BCUT2D eigenvalue weighted by atomic mass is 31.2. The van der Waals surface area contributed by atoms with Gasteiger partial charge in [-0.2, -0.15) is 0 Å². The van der Waals surface area contributed by atoms with Crippen LogP contribution in [0.4, 0.5) is 0 Å². The predicted octanol–water partition coefficient (Wildman–Crippen LogP) is 13.9. The van der Waals surface area contributed by atoms with Crippen molar-refractivity contribution in [3.8, 4) is 0 Å². The minimum atomic E-state index is -4.64. The van der Waals surface area contributed by atoms with Gasteiger partial charge < -0.3 is 25.2 Å². The fourth-order valence-corrected chi connectivity index (χ4v) is 6.97. The number of esters is 1. The highest BCUT2D eigenvalue weighted by Crippen LogP contribution is 2.43. The fourth-order valence-electron chi connectivity index (χ4n) is 6.19. The number of rotatable bonds is 45. The molecular weight excluding hydrogens is 802 g/mol. The van der Waals surface area contributed by atoms with Gasteiger partial charge in [-0.3, -0.25) is 18.6 Å². The lowest BCUT2D eigenvalue weighted by atomic mass is 10.1. The van der Waals surface area contributed by atoms with Gasteiger partial charge in [0.15, 0.2) is 0 Å². The minimum Gasteiger partial charge on any atom is -0.480 e. The molecule has 0 spiro atoms. The number of allylic oxidation sites excluding steroid dienone is 14. The van der Waals surface area contributed by atoms with E-state index >= 15 is 0 Å². The number of aliphatic carboxylic acids is 1. The van der Waals surface area contributed by atoms with Crippen molar-refractivity contribution < 1.29 is 42.7 Å². The highest BCUT2D eigenvalue weighted by Gasteiger charge is 2.27. The van der Waals surface area contributed by atoms with Crippen molar-refractivity contribution >= 4 is 19.8 Å². The van der Waals surface area contributed by atoms with Crippen LogP contribution >= 0.6 is 7.82 Å². The molecule has 4 N–H and O–H groups in total. The summed E-state index contributed by atoms with van der Waals surface area (Å²) in [6.07, 6.45) is 59.2. The summed E-state index contributed by atoms with van der Waals surface area (Å²) in [6.45, 7) is 3.68. The Bertz CT molecular complexity index is 1310. The third-order valence-corrected chi connectivity index (χ3v) is 10.9. The maximum atomic E-state index is 12.7. The minimum absolute atomic E-state index is 0.0121. The van der Waals surface area contributed by atoms with Gasteiger partial charge in [0.2, 0.25) is 0 Å². The largest absolute Gasteiger partial charge is 0.480 e. The maximum absolute atomic E-state index is 12.7. The van der Waals surface area contributed by atoms with E-state index in [0.717, 1.165) is 89.9 Å². The molecule has 3 unspecified atom stereocenters. The van der Waals surface area contributed by atoms with Gasteiger partial charge in [0.05, 0.1) is 19.8 Å². The molecule has 0 amide bonds. The van der Waals surface area contributed by atoms with Crippen LogP contribution in [0.3, 0.4) is 0 Å². The Hall–Kier alpha value is -2.85. The number of hydrogen-bond acceptors (Lipinski definition) is 8. The number of ether oxygens (including phenoxy) is 2. The van der Waals surface area contributed by atoms with Crippen molar-refractivity contribution in [1.29, 1.82) is 0 Å². The third kappa shape index (κ3) is 45.2. The topological polar surface area (TPSA) is 155 Å². The molecule has 0 saturated carbocycles. The zero-order chi connectivity index (χ0) is 45.5. The van der Waals surface area contributed by atoms with Gasteiger partial charge >= 0.3 is 19.8 Å². The van der Waals surface area contributed by atoms with Crippen LogP contribution in [0, 0.1) is 0 Å². The Morgan fingerprint density at radius 2 is 0.935 bits per heavy atom. The second-order valence-electron chi connectivity index (χ2n) is 15.9. The van der Waals surface area contributed by atoms with E-state index in [2.05, 4.69) is 98.9 Å². The number of hydrogen-bond donors (Lipinski definition) is 3. The average Bonchev–Trinajstić information content (AvgIpc) is 3.25. The van der Waals surface area contributed by atoms with Gasteiger partial charge in [-0.05, 0) is 89.9 Å². The molecule has 0 heterocycles. The zero-order valence-electron chi connectivity index (χ0n) is 38.9. The second-order valence-corrected chi connectivity index (χ2v) is 17.3. The SMILES string of the molecule is CC/C=C\C/C=C\C/C=C\C/C=C\C/C=C\C/C=C\CCCCCOCC(COP(=O)(O)OCC(N)C(=O)O)OC(=O)CCCCCCCCC/C=C\CCCCCCCCC. The molecule has 0 aliphatic rings. The van der Waals surface area contributed by atoms with Crippen LogP contribution in [0.1, 0.15) is 187 Å². The molecule has 11 heteroatoms. The van der Waals surface area contributed by atoms with Crippen molar-refractivity contribution in [2.24, 2.45) is 5.73 Å². The predicted molar refractivity (Wildman–Crippen MR) is 258 cm³/mol. The Kier molecular flexibility index (Phi) is 44.0. The molecule has 10 nitrogen and oxygen atoms in total. The van der Waals surface area contributed by atoms with E-state index in [0.29, 0.717) is 13.0 Å². The van der Waals surface area contributed by atoms with Crippen molar-refractivity contribution in [2.45, 2.75) is 199 Å². The average molecular weight is 890 g/mol. The number of nitrogens with two attached hydrogens (primary N) is 1. The molecule has 0 radical (unpaired) electrons. The van der Waals surface area contributed by atoms with E-state index in [4.69, 9.17) is 29.4 Å². The lowest BCUT2D eigenvalue weighted by Crippen LogP contribution is -2.34. The molecular formula is C51H88NO9P. The van der Waals surface area contributed by atoms with E-state index in [1.54, 1.807) is 0 Å². The molecule has 0 aromatic heterocycles. The molecule has 0 aromatic carbocycles. The summed E-state index contributed by atoms with van der Waals surface area (Å²) in [6, 6.07) is -1.48. The van der Waals surface area contributed by atoms with Crippen LogP contribution in [-0.4, -0.2) is 60.5 Å². The van der Waals surface area contributed by atoms with Crippen LogP contribution < -0.4 is 5.73 Å². The quantitative estimate of drug-likeness (QED) is 0.0233. The van der Waals surface area contributed by atoms with Crippen LogP contribution in [0.5, 0.6) is 0 Å². The van der Waals surface area contributed by atoms with Crippen molar-refractivity contribution in [3.05, 3.63) is 85.1 Å². The van der Waals surface area contributed by atoms with Crippen molar-refractivity contribution in [3.63, 3.8) is 0 Å². The lowest BCUT2D eigenvalue weighted by molar-refractivity contribution is -0.154. The monoisotopic (exact) mass is 890 g/mol. The summed E-state index contributed by atoms with van der Waals surface area (Å²) in [5, 5.41) is 8.92. The van der Waals surface area contributed by atoms with Gasteiger partial charge in [0.1, 0.15) is 12.1 Å². The van der Waals surface area contributed by atoms with E-state index in [1.807, 2.05) is 0 Å². The Balaban J connectivity index is 4.28. The molecule has 0 bridgehead atoms. The number of phosphoric ester groups is 1. The van der Waals surface area contributed by atoms with Gasteiger partial charge in [0.25, 0.3) is 0 Å². The Morgan fingerprint density at radius 3 is 1.42 bits per heavy atom. The molecule has 0 rings (SSSR count). The number of carboxylic acid groups (broad SMARTS) is 1. The Morgan fingerprint density at radius 1 is 0.532 bits per heavy atom. The number of carbonyl (C=O) groups excluding carboxylic acids is 1. The summed E-state index contributed by atoms with van der Waals surface area (Å²) < 4.78 is 33.4. The van der Waals surface area contributed by atoms with E-state index < -0.39 is 45.1 Å². The van der Waals surface area contributed by atoms with Crippen molar-refractivity contribution in [1.82, 2.24) is 0 Å². The summed E-state index contributed by atoms with van der Waals surface area (Å²) in [5.74, 6) is -1.80. The van der Waals surface area contributed by atoms with Gasteiger partial charge in [-0.25, -0.2) is 4.57 Å². The third-order valence-electron chi connectivity index (χ3n) is 9.91. The first-order valence-electron chi connectivity index (χ1n) is 24.1. The van der Waals surface area contributed by atoms with Gasteiger partial charge in [-0.1, -0.05) is 176 Å². The van der Waals surface area contributed by atoms with Crippen LogP contribution in [0.2, 0.25) is 0 Å². The summed E-state index contributed by atoms with van der Waals surface area (Å²) in [7, 11) is -4.64.